The number of hydrogen-bond acceptors (Lipinski definition) is 6. The number of anilines is 1. The minimum absolute atomic E-state index is 0.0861. The van der Waals surface area contributed by atoms with E-state index in [1.54, 1.807) is 34.7 Å². The molecule has 0 aliphatic carbocycles. The Bertz CT molecular complexity index is 1110. The molecule has 2 aromatic carbocycles. The quantitative estimate of drug-likeness (QED) is 0.345. The van der Waals surface area contributed by atoms with Gasteiger partial charge in [0.1, 0.15) is 5.76 Å². The number of fused-ring (bicyclic) bond motifs is 1. The summed E-state index contributed by atoms with van der Waals surface area (Å²) in [6.45, 7) is 0.337. The summed E-state index contributed by atoms with van der Waals surface area (Å²) < 4.78 is 6.58. The Hall–Kier alpha value is -2.22. The second-order valence-corrected chi connectivity index (χ2v) is 8.74. The van der Waals surface area contributed by atoms with Gasteiger partial charge in [0, 0.05) is 15.4 Å². The van der Waals surface area contributed by atoms with Gasteiger partial charge < -0.3 is 4.42 Å². The lowest BCUT2D eigenvalue weighted by molar-refractivity contribution is 0.0983. The topological polar surface area (TPSA) is 46.3 Å². The molecule has 1 amide bonds. The number of carbonyl (C=O) groups excluding carboxylic acids is 1. The maximum absolute atomic E-state index is 13.4. The molecule has 28 heavy (non-hydrogen) atoms. The molecule has 4 aromatic rings. The predicted octanol–water partition coefficient (Wildman–Crippen LogP) is 6.18. The van der Waals surface area contributed by atoms with E-state index in [-0.39, 0.29) is 5.91 Å². The minimum Gasteiger partial charge on any atom is -0.467 e. The van der Waals surface area contributed by atoms with Crippen molar-refractivity contribution in [3.8, 4) is 0 Å². The van der Waals surface area contributed by atoms with E-state index in [4.69, 9.17) is 9.40 Å². The number of rotatable bonds is 6. The number of nitrogens with zero attached hydrogens (tertiary/aromatic N) is 2. The molecule has 0 saturated heterocycles. The molecule has 0 atom stereocenters. The zero-order valence-corrected chi connectivity index (χ0v) is 17.9. The molecular formula is C21H18N2O2S3. The summed E-state index contributed by atoms with van der Waals surface area (Å²) in [6, 6.07) is 17.5. The summed E-state index contributed by atoms with van der Waals surface area (Å²) >= 11 is 4.80. The Morgan fingerprint density at radius 3 is 2.71 bits per heavy atom. The number of furan rings is 1. The van der Waals surface area contributed by atoms with Crippen molar-refractivity contribution in [3.05, 3.63) is 72.2 Å². The fourth-order valence-electron chi connectivity index (χ4n) is 2.89. The van der Waals surface area contributed by atoms with Crippen LogP contribution in [0.2, 0.25) is 0 Å². The third-order valence-electron chi connectivity index (χ3n) is 4.28. The largest absolute Gasteiger partial charge is 0.467 e. The highest BCUT2D eigenvalue weighted by Gasteiger charge is 2.23. The summed E-state index contributed by atoms with van der Waals surface area (Å²) in [5.41, 5.74) is 1.58. The van der Waals surface area contributed by atoms with E-state index < -0.39 is 0 Å². The van der Waals surface area contributed by atoms with Gasteiger partial charge in [0.15, 0.2) is 5.13 Å². The molecule has 0 aliphatic rings. The lowest BCUT2D eigenvalue weighted by Crippen LogP contribution is -2.30. The van der Waals surface area contributed by atoms with E-state index in [0.29, 0.717) is 17.2 Å². The number of thioether (sulfide) groups is 2. The smallest absolute Gasteiger partial charge is 0.260 e. The average Bonchev–Trinajstić information content (AvgIpc) is 3.40. The van der Waals surface area contributed by atoms with Crippen molar-refractivity contribution >= 4 is 56.1 Å². The standard InChI is InChI=1S/C21H18N2O2S3/c1-26-16-8-3-6-14(12-16)20(24)23(13-15-7-5-11-25-15)21-22-19-17(27-2)9-4-10-18(19)28-21/h3-12H,13H2,1-2H3. The Kier molecular flexibility index (Phi) is 5.75. The van der Waals surface area contributed by atoms with Gasteiger partial charge in [-0.25, -0.2) is 4.98 Å². The van der Waals surface area contributed by atoms with Gasteiger partial charge in [0.25, 0.3) is 5.91 Å². The molecule has 142 valence electrons. The lowest BCUT2D eigenvalue weighted by Gasteiger charge is -2.19. The summed E-state index contributed by atoms with van der Waals surface area (Å²) in [6.07, 6.45) is 5.66. The molecule has 0 aliphatic heterocycles. The van der Waals surface area contributed by atoms with Crippen molar-refractivity contribution in [2.24, 2.45) is 0 Å². The zero-order valence-electron chi connectivity index (χ0n) is 15.4. The first-order valence-electron chi connectivity index (χ1n) is 8.61. The second kappa shape index (κ2) is 8.43. The van der Waals surface area contributed by atoms with Crippen LogP contribution in [0.3, 0.4) is 0 Å². The number of thiazole rings is 1. The van der Waals surface area contributed by atoms with Gasteiger partial charge in [-0.15, -0.1) is 23.5 Å². The van der Waals surface area contributed by atoms with E-state index in [0.717, 1.165) is 25.8 Å². The average molecular weight is 427 g/mol. The fraction of sp³-hybridized carbons (Fsp3) is 0.143. The maximum Gasteiger partial charge on any atom is 0.260 e. The number of aromatic nitrogens is 1. The molecule has 0 unspecified atom stereocenters. The fourth-order valence-corrected chi connectivity index (χ4v) is 4.97. The summed E-state index contributed by atoms with van der Waals surface area (Å²) in [5.74, 6) is 0.635. The molecule has 0 N–H and O–H groups in total. The normalized spacial score (nSPS) is 11.1. The molecule has 0 radical (unpaired) electrons. The highest BCUT2D eigenvalue weighted by atomic mass is 32.2. The van der Waals surface area contributed by atoms with Gasteiger partial charge >= 0.3 is 0 Å². The van der Waals surface area contributed by atoms with Crippen LogP contribution in [-0.4, -0.2) is 23.4 Å². The van der Waals surface area contributed by atoms with E-state index in [1.807, 2.05) is 61.0 Å². The van der Waals surface area contributed by atoms with Crippen LogP contribution >= 0.6 is 34.9 Å². The molecule has 0 bridgehead atoms. The summed E-state index contributed by atoms with van der Waals surface area (Å²) in [4.78, 5) is 22.1. The van der Waals surface area contributed by atoms with Crippen molar-refractivity contribution < 1.29 is 9.21 Å². The van der Waals surface area contributed by atoms with E-state index in [2.05, 4.69) is 6.07 Å². The number of amides is 1. The van der Waals surface area contributed by atoms with Gasteiger partial charge in [-0.05, 0) is 55.0 Å². The van der Waals surface area contributed by atoms with Crippen LogP contribution in [-0.2, 0) is 6.54 Å². The summed E-state index contributed by atoms with van der Waals surface area (Å²) in [5, 5.41) is 0.674. The molecular weight excluding hydrogens is 408 g/mol. The van der Waals surface area contributed by atoms with Gasteiger partial charge in [-0.2, -0.15) is 0 Å². The first-order chi connectivity index (χ1) is 13.7. The maximum atomic E-state index is 13.4. The third kappa shape index (κ3) is 3.83. The molecule has 4 rings (SSSR count). The molecule has 2 aromatic heterocycles. The molecule has 4 nitrogen and oxygen atoms in total. The lowest BCUT2D eigenvalue weighted by atomic mass is 10.2. The van der Waals surface area contributed by atoms with Crippen LogP contribution in [0.5, 0.6) is 0 Å². The van der Waals surface area contributed by atoms with Crippen LogP contribution in [0, 0.1) is 0 Å². The van der Waals surface area contributed by atoms with Crippen molar-refractivity contribution in [2.45, 2.75) is 16.3 Å². The molecule has 7 heteroatoms. The van der Waals surface area contributed by atoms with Crippen LogP contribution in [0.15, 0.2) is 75.1 Å². The third-order valence-corrected chi connectivity index (χ3v) is 6.82. The second-order valence-electron chi connectivity index (χ2n) is 6.01. The van der Waals surface area contributed by atoms with Crippen LogP contribution in [0.25, 0.3) is 10.2 Å². The van der Waals surface area contributed by atoms with Crippen LogP contribution < -0.4 is 4.90 Å². The van der Waals surface area contributed by atoms with E-state index in [9.17, 15) is 4.79 Å². The SMILES string of the molecule is CSc1cccc(C(=O)N(Cc2ccco2)c2nc3c(SC)cccc3s2)c1. The van der Waals surface area contributed by atoms with Crippen LogP contribution in [0.4, 0.5) is 5.13 Å². The number of para-hydroxylation sites is 1. The zero-order chi connectivity index (χ0) is 19.5. The predicted molar refractivity (Wildman–Crippen MR) is 119 cm³/mol. The van der Waals surface area contributed by atoms with Gasteiger partial charge in [0.05, 0.1) is 23.0 Å². The van der Waals surface area contributed by atoms with Crippen molar-refractivity contribution in [3.63, 3.8) is 0 Å². The van der Waals surface area contributed by atoms with Crippen LogP contribution in [0.1, 0.15) is 16.1 Å². The van der Waals surface area contributed by atoms with Gasteiger partial charge in [-0.3, -0.25) is 9.69 Å². The Morgan fingerprint density at radius 1 is 1.11 bits per heavy atom. The van der Waals surface area contributed by atoms with E-state index >= 15 is 0 Å². The Morgan fingerprint density at radius 2 is 1.96 bits per heavy atom. The van der Waals surface area contributed by atoms with E-state index in [1.165, 1.54) is 11.3 Å². The number of carbonyl (C=O) groups is 1. The Labute approximate surface area is 176 Å². The molecule has 0 fully saturated rings. The summed E-state index contributed by atoms with van der Waals surface area (Å²) in [7, 11) is 0. The highest BCUT2D eigenvalue weighted by Crippen LogP contribution is 2.35. The molecule has 0 saturated carbocycles. The molecule has 0 spiro atoms. The number of benzene rings is 2. The van der Waals surface area contributed by atoms with Crippen molar-refractivity contribution in [2.75, 3.05) is 17.4 Å². The number of hydrogen-bond donors (Lipinski definition) is 0. The first kappa shape index (κ1) is 19.1. The van der Waals surface area contributed by atoms with Crippen molar-refractivity contribution in [1.82, 2.24) is 4.98 Å². The molecule has 2 heterocycles. The first-order valence-corrected chi connectivity index (χ1v) is 11.9. The highest BCUT2D eigenvalue weighted by molar-refractivity contribution is 7.99. The monoisotopic (exact) mass is 426 g/mol. The van der Waals surface area contributed by atoms with Crippen molar-refractivity contribution in [1.29, 1.82) is 0 Å². The van der Waals surface area contributed by atoms with Gasteiger partial charge in [0.2, 0.25) is 0 Å². The minimum atomic E-state index is -0.0861. The Balaban J connectivity index is 1.78. The van der Waals surface area contributed by atoms with Gasteiger partial charge in [-0.1, -0.05) is 23.5 Å².